The second kappa shape index (κ2) is 16.0. The van der Waals surface area contributed by atoms with Gasteiger partial charge in [-0.3, -0.25) is 4.79 Å². The number of urea groups is 1. The van der Waals surface area contributed by atoms with E-state index in [0.29, 0.717) is 42.5 Å². The highest BCUT2D eigenvalue weighted by atomic mass is 79.9. The van der Waals surface area contributed by atoms with Gasteiger partial charge in [0.2, 0.25) is 0 Å². The number of piperidine rings is 1. The van der Waals surface area contributed by atoms with E-state index in [0.717, 1.165) is 17.7 Å². The Balaban J connectivity index is 1.41. The van der Waals surface area contributed by atoms with E-state index in [4.69, 9.17) is 4.74 Å². The molecule has 0 bridgehead atoms. The van der Waals surface area contributed by atoms with E-state index in [2.05, 4.69) is 53.8 Å². The molecule has 3 N–H and O–H groups in total. The number of nitrogens with one attached hydrogen (secondary N) is 2. The monoisotopic (exact) mass is 710 g/mol. The number of hydrogen-bond donors (Lipinski definition) is 3. The van der Waals surface area contributed by atoms with Gasteiger partial charge in [0.15, 0.2) is 6.10 Å². The molecule has 0 aliphatic carbocycles. The Morgan fingerprint density at radius 2 is 1.87 bits per heavy atom. The third kappa shape index (κ3) is 9.65. The molecule has 2 heterocycles. The van der Waals surface area contributed by atoms with Crippen LogP contribution in [0, 0.1) is 0 Å². The van der Waals surface area contributed by atoms with Crippen molar-refractivity contribution in [3.63, 3.8) is 0 Å². The van der Waals surface area contributed by atoms with Gasteiger partial charge in [0.05, 0.1) is 10.3 Å². The summed E-state index contributed by atoms with van der Waals surface area (Å²) >= 11 is 3.24. The van der Waals surface area contributed by atoms with Crippen LogP contribution in [0.3, 0.4) is 0 Å². The van der Waals surface area contributed by atoms with Crippen molar-refractivity contribution in [3.8, 4) is 5.75 Å². The Kier molecular flexibility index (Phi) is 11.9. The second-order valence-electron chi connectivity index (χ2n) is 10.2. The molecule has 0 radical (unpaired) electrons. The third-order valence-corrected chi connectivity index (χ3v) is 8.71. The van der Waals surface area contributed by atoms with Gasteiger partial charge >= 0.3 is 22.3 Å². The summed E-state index contributed by atoms with van der Waals surface area (Å²) in [5, 5.41) is 12.8. The van der Waals surface area contributed by atoms with Crippen molar-refractivity contribution in [1.82, 2.24) is 14.5 Å². The zero-order valence-corrected chi connectivity index (χ0v) is 27.2. The van der Waals surface area contributed by atoms with E-state index in [-0.39, 0.29) is 24.2 Å². The molecule has 4 amide bonds. The largest absolute Gasteiger partial charge is 0.507 e. The van der Waals surface area contributed by atoms with Crippen LogP contribution in [0.5, 0.6) is 5.75 Å². The molecule has 1 fully saturated rings. The highest BCUT2D eigenvalue weighted by Gasteiger charge is 2.33. The van der Waals surface area contributed by atoms with Crippen LogP contribution in [-0.4, -0.2) is 91.9 Å². The topological polar surface area (TPSA) is 170 Å². The lowest BCUT2D eigenvalue weighted by Gasteiger charge is -2.37. The molecular formula is C31H31BrN6O7S. The summed E-state index contributed by atoms with van der Waals surface area (Å²) < 4.78 is 33.6. The van der Waals surface area contributed by atoms with Gasteiger partial charge in [-0.2, -0.15) is 18.1 Å². The molecular weight excluding hydrogens is 680 g/mol. The zero-order chi connectivity index (χ0) is 33.1. The number of allylic oxidation sites excluding steroid dienone is 2. The first-order chi connectivity index (χ1) is 22.1. The number of likely N-dealkylation sites (tertiary alicyclic amines) is 1. The molecule has 15 heteroatoms. The minimum Gasteiger partial charge on any atom is -0.507 e. The van der Waals surface area contributed by atoms with Crippen LogP contribution in [0.2, 0.25) is 0 Å². The number of carbonyl (C=O) groups excluding carboxylic acids is 3. The first-order valence-corrected chi connectivity index (χ1v) is 16.4. The van der Waals surface area contributed by atoms with Crippen LogP contribution in [0.15, 0.2) is 79.9 Å². The normalized spacial score (nSPS) is 15.3. The Bertz CT molecular complexity index is 1800. The van der Waals surface area contributed by atoms with Crippen molar-refractivity contribution in [2.24, 2.45) is 9.39 Å². The van der Waals surface area contributed by atoms with Crippen LogP contribution in [0.1, 0.15) is 24.0 Å². The fourth-order valence-corrected chi connectivity index (χ4v) is 5.50. The Morgan fingerprint density at radius 1 is 1.15 bits per heavy atom. The van der Waals surface area contributed by atoms with Gasteiger partial charge in [0.25, 0.3) is 5.91 Å². The maximum Gasteiger partial charge on any atom is 0.410 e. The Morgan fingerprint density at radius 3 is 2.59 bits per heavy atom. The minimum absolute atomic E-state index is 0.00950. The van der Waals surface area contributed by atoms with E-state index in [9.17, 15) is 27.9 Å². The number of halogens is 1. The number of aromatic hydroxyl groups is 1. The van der Waals surface area contributed by atoms with Gasteiger partial charge in [0, 0.05) is 50.7 Å². The van der Waals surface area contributed by atoms with Crippen molar-refractivity contribution in [1.29, 1.82) is 0 Å². The molecule has 2 aromatic carbocycles. The van der Waals surface area contributed by atoms with Crippen molar-refractivity contribution < 1.29 is 32.6 Å². The Labute approximate surface area is 274 Å². The average Bonchev–Trinajstić information content (AvgIpc) is 3.21. The van der Waals surface area contributed by atoms with E-state index in [1.165, 1.54) is 30.2 Å². The number of phenolic OH excluding ortho intramolecular Hbond substituents is 1. The molecule has 0 spiro atoms. The number of para-hydroxylation sites is 1. The molecule has 4 rings (SSSR count). The number of carbonyl (C=O) groups is 3. The molecule has 2 aromatic rings. The summed E-state index contributed by atoms with van der Waals surface area (Å²) in [6, 6.07) is 12.1. The van der Waals surface area contributed by atoms with Gasteiger partial charge in [-0.05, 0) is 88.1 Å². The summed E-state index contributed by atoms with van der Waals surface area (Å²) in [6.07, 6.45) is 2.26. The highest BCUT2D eigenvalue weighted by Crippen LogP contribution is 2.27. The first-order valence-electron chi connectivity index (χ1n) is 14.2. The van der Waals surface area contributed by atoms with Crippen LogP contribution in [0.4, 0.5) is 15.3 Å². The van der Waals surface area contributed by atoms with Crippen LogP contribution in [-0.2, 0) is 32.6 Å². The molecule has 13 nitrogen and oxygen atoms in total. The molecule has 46 heavy (non-hydrogen) atoms. The quantitative estimate of drug-likeness (QED) is 0.214. The summed E-state index contributed by atoms with van der Waals surface area (Å²) in [4.78, 5) is 46.2. The van der Waals surface area contributed by atoms with E-state index >= 15 is 0 Å². The third-order valence-electron chi connectivity index (χ3n) is 7.23. The standard InChI is InChI=1S/C31H31BrN6O7S/c1-33-46(43,44)35-16-7-3-2-6-15-34-29(40)28(21-22-10-11-27(39)25(32)20-22)45-31(42)37-17-13-24(14-18-37)38-19-12-23-8-4-5-9-26(23)36-30(38)41/h2-5,8-11,20,24,28,33,39H,12-14,17-19,21H2,1H3,(H,36,41)/t28-/m1/s1. The summed E-state index contributed by atoms with van der Waals surface area (Å²) in [5.41, 5.74) is 7.31. The maximum absolute atomic E-state index is 13.2. The van der Waals surface area contributed by atoms with Gasteiger partial charge in [-0.1, -0.05) is 28.7 Å². The predicted molar refractivity (Wildman–Crippen MR) is 174 cm³/mol. The summed E-state index contributed by atoms with van der Waals surface area (Å²) in [6.45, 7) is 1.22. The number of amides is 4. The zero-order valence-electron chi connectivity index (χ0n) is 24.8. The number of phenols is 1. The van der Waals surface area contributed by atoms with Crippen LogP contribution >= 0.6 is 15.9 Å². The molecule has 240 valence electrons. The van der Waals surface area contributed by atoms with E-state index in [1.807, 2.05) is 33.9 Å². The smallest absolute Gasteiger partial charge is 0.410 e. The van der Waals surface area contributed by atoms with Crippen molar-refractivity contribution >= 4 is 61.6 Å². The van der Waals surface area contributed by atoms with E-state index < -0.39 is 28.3 Å². The number of rotatable bonds is 8. The average molecular weight is 712 g/mol. The number of anilines is 1. The second-order valence-corrected chi connectivity index (χ2v) is 12.6. The number of nitrogens with zero attached hydrogens (tertiary/aromatic N) is 4. The lowest BCUT2D eigenvalue weighted by atomic mass is 10.0. The van der Waals surface area contributed by atoms with Gasteiger partial charge in [-0.15, -0.1) is 0 Å². The van der Waals surface area contributed by atoms with Gasteiger partial charge in [-0.25, -0.2) is 9.59 Å². The molecule has 1 atom stereocenters. The highest BCUT2D eigenvalue weighted by molar-refractivity contribution is 9.10. The molecule has 0 aromatic heterocycles. The van der Waals surface area contributed by atoms with Crippen molar-refractivity contribution in [2.45, 2.75) is 37.8 Å². The van der Waals surface area contributed by atoms with Crippen LogP contribution < -0.4 is 10.0 Å². The number of fused-ring (bicyclic) bond motifs is 1. The fourth-order valence-electron chi connectivity index (χ4n) is 4.81. The van der Waals surface area contributed by atoms with Gasteiger partial charge < -0.3 is 25.0 Å². The number of ether oxygens (including phenoxy) is 1. The lowest BCUT2D eigenvalue weighted by Crippen LogP contribution is -2.50. The summed E-state index contributed by atoms with van der Waals surface area (Å²) in [7, 11) is -2.62. The fraction of sp³-hybridized carbons (Fsp3) is 0.323. The molecule has 1 saturated heterocycles. The predicted octanol–water partition coefficient (Wildman–Crippen LogP) is 3.51. The van der Waals surface area contributed by atoms with Gasteiger partial charge in [0.1, 0.15) is 5.75 Å². The van der Waals surface area contributed by atoms with Crippen molar-refractivity contribution in [3.05, 3.63) is 81.7 Å². The minimum atomic E-state index is -3.82. The number of aliphatic imine (C=N–C) groups is 1. The lowest BCUT2D eigenvalue weighted by molar-refractivity contribution is -0.126. The summed E-state index contributed by atoms with van der Waals surface area (Å²) in [5.74, 6) is 3.61. The SMILES string of the molecule is CNS(=O)(=O)N=C=C=CC=C=C=NC(=O)[C@@H](Cc1ccc(O)c(Br)c1)OC(=O)N1CCC(N2CCc3ccccc3NC2=O)CC1. The first kappa shape index (κ1) is 34.2. The Hall–Kier alpha value is -4.70. The number of benzene rings is 2. The molecule has 0 unspecified atom stereocenters. The van der Waals surface area contributed by atoms with Crippen molar-refractivity contribution in [2.75, 3.05) is 32.0 Å². The van der Waals surface area contributed by atoms with Crippen LogP contribution in [0.25, 0.3) is 0 Å². The van der Waals surface area contributed by atoms with E-state index in [1.54, 1.807) is 12.1 Å². The number of hydrogen-bond acceptors (Lipinski definition) is 7. The maximum atomic E-state index is 13.2. The molecule has 0 saturated carbocycles. The molecule has 2 aliphatic rings. The molecule has 2 aliphatic heterocycles.